The number of aliphatic hydroxyl groups is 1. The molecule has 2 rings (SSSR count). The van der Waals surface area contributed by atoms with Gasteiger partial charge in [-0.3, -0.25) is 0 Å². The molecule has 4 heteroatoms. The first-order valence-electron chi connectivity index (χ1n) is 6.06. The third kappa shape index (κ3) is 2.41. The van der Waals surface area contributed by atoms with E-state index in [9.17, 15) is 10.2 Å². The van der Waals surface area contributed by atoms with Crippen LogP contribution in [0.3, 0.4) is 0 Å². The molecule has 94 valence electrons. The SMILES string of the molecule is NCC(O)c1c(O)c(Cl)cc2c1CCCCC2. The summed E-state index contributed by atoms with van der Waals surface area (Å²) in [5.41, 5.74) is 8.22. The van der Waals surface area contributed by atoms with Crippen LogP contribution in [0.15, 0.2) is 6.07 Å². The number of phenols is 1. The van der Waals surface area contributed by atoms with Gasteiger partial charge in [0.05, 0.1) is 11.1 Å². The van der Waals surface area contributed by atoms with E-state index in [0.717, 1.165) is 36.8 Å². The van der Waals surface area contributed by atoms with Gasteiger partial charge in [0.25, 0.3) is 0 Å². The van der Waals surface area contributed by atoms with E-state index in [1.807, 2.05) is 6.07 Å². The molecule has 0 aromatic heterocycles. The molecule has 0 amide bonds. The molecule has 1 unspecified atom stereocenters. The minimum Gasteiger partial charge on any atom is -0.506 e. The molecule has 1 atom stereocenters. The second-order valence-corrected chi connectivity index (χ2v) is 4.98. The average Bonchev–Trinajstić information content (AvgIpc) is 2.55. The van der Waals surface area contributed by atoms with Crippen molar-refractivity contribution in [3.05, 3.63) is 27.8 Å². The number of aliphatic hydroxyl groups excluding tert-OH is 1. The lowest BCUT2D eigenvalue weighted by atomic mass is 9.93. The lowest BCUT2D eigenvalue weighted by Gasteiger charge is -2.19. The largest absolute Gasteiger partial charge is 0.506 e. The van der Waals surface area contributed by atoms with Crippen molar-refractivity contribution in [3.63, 3.8) is 0 Å². The third-order valence-electron chi connectivity index (χ3n) is 3.42. The number of hydrogen-bond donors (Lipinski definition) is 3. The van der Waals surface area contributed by atoms with Gasteiger partial charge in [-0.15, -0.1) is 0 Å². The van der Waals surface area contributed by atoms with Crippen molar-refractivity contribution in [1.29, 1.82) is 0 Å². The minimum atomic E-state index is -0.833. The lowest BCUT2D eigenvalue weighted by Crippen LogP contribution is -2.15. The molecule has 0 bridgehead atoms. The van der Waals surface area contributed by atoms with Crippen LogP contribution in [-0.2, 0) is 12.8 Å². The zero-order chi connectivity index (χ0) is 12.4. The average molecular weight is 256 g/mol. The van der Waals surface area contributed by atoms with Crippen molar-refractivity contribution in [2.24, 2.45) is 5.73 Å². The van der Waals surface area contributed by atoms with Crippen LogP contribution in [0.5, 0.6) is 5.75 Å². The van der Waals surface area contributed by atoms with E-state index in [2.05, 4.69) is 0 Å². The van der Waals surface area contributed by atoms with Gasteiger partial charge >= 0.3 is 0 Å². The summed E-state index contributed by atoms with van der Waals surface area (Å²) in [6, 6.07) is 1.82. The van der Waals surface area contributed by atoms with Gasteiger partial charge < -0.3 is 15.9 Å². The molecule has 0 aliphatic heterocycles. The van der Waals surface area contributed by atoms with Crippen molar-refractivity contribution in [2.75, 3.05) is 6.54 Å². The Balaban J connectivity index is 2.57. The van der Waals surface area contributed by atoms with E-state index in [4.69, 9.17) is 17.3 Å². The normalized spacial score (nSPS) is 17.4. The van der Waals surface area contributed by atoms with E-state index < -0.39 is 6.10 Å². The lowest BCUT2D eigenvalue weighted by molar-refractivity contribution is 0.181. The van der Waals surface area contributed by atoms with Crippen molar-refractivity contribution < 1.29 is 10.2 Å². The van der Waals surface area contributed by atoms with Crippen LogP contribution in [-0.4, -0.2) is 16.8 Å². The molecule has 1 aliphatic carbocycles. The Morgan fingerprint density at radius 3 is 2.71 bits per heavy atom. The highest BCUT2D eigenvalue weighted by Crippen LogP contribution is 2.39. The first kappa shape index (κ1) is 12.7. The summed E-state index contributed by atoms with van der Waals surface area (Å²) in [5.74, 6) is -0.00901. The van der Waals surface area contributed by atoms with Gasteiger partial charge in [0, 0.05) is 12.1 Å². The molecule has 0 fully saturated rings. The van der Waals surface area contributed by atoms with Crippen molar-refractivity contribution in [2.45, 2.75) is 38.2 Å². The number of aryl methyl sites for hydroxylation is 1. The zero-order valence-corrected chi connectivity index (χ0v) is 10.5. The zero-order valence-electron chi connectivity index (χ0n) is 9.75. The van der Waals surface area contributed by atoms with E-state index in [1.54, 1.807) is 0 Å². The molecular formula is C13H18ClNO2. The summed E-state index contributed by atoms with van der Waals surface area (Å²) in [6.45, 7) is 0.0976. The van der Waals surface area contributed by atoms with Gasteiger partial charge in [-0.1, -0.05) is 18.0 Å². The summed E-state index contributed by atoms with van der Waals surface area (Å²) >= 11 is 6.00. The van der Waals surface area contributed by atoms with Gasteiger partial charge in [-0.25, -0.2) is 0 Å². The summed E-state index contributed by atoms with van der Waals surface area (Å²) in [7, 11) is 0. The quantitative estimate of drug-likeness (QED) is 0.711. The standard InChI is InChI=1S/C13H18ClNO2/c14-10-6-8-4-2-1-3-5-9(8)12(13(10)17)11(16)7-15/h6,11,16-17H,1-5,7,15H2. The maximum absolute atomic E-state index is 10.00. The summed E-state index contributed by atoms with van der Waals surface area (Å²) in [6.07, 6.45) is 4.39. The topological polar surface area (TPSA) is 66.5 Å². The van der Waals surface area contributed by atoms with Crippen LogP contribution >= 0.6 is 11.6 Å². The minimum absolute atomic E-state index is 0.00901. The highest BCUT2D eigenvalue weighted by atomic mass is 35.5. The fraction of sp³-hybridized carbons (Fsp3) is 0.538. The maximum Gasteiger partial charge on any atom is 0.140 e. The van der Waals surface area contributed by atoms with E-state index in [0.29, 0.717) is 10.6 Å². The van der Waals surface area contributed by atoms with Crippen LogP contribution in [0.25, 0.3) is 0 Å². The Bertz CT molecular complexity index is 420. The number of nitrogens with two attached hydrogens (primary N) is 1. The smallest absolute Gasteiger partial charge is 0.140 e. The first-order chi connectivity index (χ1) is 8.15. The molecule has 4 N–H and O–H groups in total. The number of phenolic OH excluding ortho intramolecular Hbond substituents is 1. The fourth-order valence-corrected chi connectivity index (χ4v) is 2.78. The number of hydrogen-bond acceptors (Lipinski definition) is 3. The molecule has 1 aliphatic rings. The van der Waals surface area contributed by atoms with Gasteiger partial charge in [0.1, 0.15) is 5.75 Å². The fourth-order valence-electron chi connectivity index (χ4n) is 2.54. The number of benzene rings is 1. The summed E-state index contributed by atoms with van der Waals surface area (Å²) < 4.78 is 0. The summed E-state index contributed by atoms with van der Waals surface area (Å²) in [5, 5.41) is 20.3. The molecule has 0 spiro atoms. The molecule has 3 nitrogen and oxygen atoms in total. The Morgan fingerprint density at radius 2 is 2.00 bits per heavy atom. The van der Waals surface area contributed by atoms with Gasteiger partial charge in [0.2, 0.25) is 0 Å². The van der Waals surface area contributed by atoms with Crippen molar-refractivity contribution in [3.8, 4) is 5.75 Å². The molecule has 17 heavy (non-hydrogen) atoms. The van der Waals surface area contributed by atoms with Crippen LogP contribution < -0.4 is 5.73 Å². The summed E-state index contributed by atoms with van der Waals surface area (Å²) in [4.78, 5) is 0. The Labute approximate surface area is 106 Å². The van der Waals surface area contributed by atoms with Crippen LogP contribution in [0, 0.1) is 0 Å². The molecule has 1 aromatic rings. The highest BCUT2D eigenvalue weighted by Gasteiger charge is 2.22. The molecule has 0 saturated carbocycles. The number of fused-ring (bicyclic) bond motifs is 1. The molecule has 1 aromatic carbocycles. The Kier molecular flexibility index (Phi) is 3.92. The van der Waals surface area contributed by atoms with Crippen molar-refractivity contribution >= 4 is 11.6 Å². The van der Waals surface area contributed by atoms with Crippen LogP contribution in [0.4, 0.5) is 0 Å². The van der Waals surface area contributed by atoms with Crippen LogP contribution in [0.1, 0.15) is 42.1 Å². The molecular weight excluding hydrogens is 238 g/mol. The third-order valence-corrected chi connectivity index (χ3v) is 3.71. The second-order valence-electron chi connectivity index (χ2n) is 4.57. The molecule has 0 heterocycles. The predicted molar refractivity (Wildman–Crippen MR) is 68.4 cm³/mol. The van der Waals surface area contributed by atoms with E-state index >= 15 is 0 Å². The number of aromatic hydroxyl groups is 1. The van der Waals surface area contributed by atoms with E-state index in [-0.39, 0.29) is 12.3 Å². The van der Waals surface area contributed by atoms with Gasteiger partial charge in [-0.05, 0) is 42.9 Å². The monoisotopic (exact) mass is 255 g/mol. The highest BCUT2D eigenvalue weighted by molar-refractivity contribution is 6.32. The first-order valence-corrected chi connectivity index (χ1v) is 6.44. The molecule has 0 saturated heterocycles. The predicted octanol–water partition coefficient (Wildman–Crippen LogP) is 2.31. The van der Waals surface area contributed by atoms with Gasteiger partial charge in [-0.2, -0.15) is 0 Å². The van der Waals surface area contributed by atoms with Gasteiger partial charge in [0.15, 0.2) is 0 Å². The Hall–Kier alpha value is -0.770. The van der Waals surface area contributed by atoms with Crippen LogP contribution in [0.2, 0.25) is 5.02 Å². The van der Waals surface area contributed by atoms with E-state index in [1.165, 1.54) is 6.42 Å². The number of rotatable bonds is 2. The van der Waals surface area contributed by atoms with Crippen molar-refractivity contribution in [1.82, 2.24) is 0 Å². The Morgan fingerprint density at radius 1 is 1.29 bits per heavy atom. The molecule has 0 radical (unpaired) electrons. The second kappa shape index (κ2) is 5.25. The number of halogens is 1. The maximum atomic E-state index is 10.00.